The summed E-state index contributed by atoms with van der Waals surface area (Å²) in [5.41, 5.74) is 10.0. The van der Waals surface area contributed by atoms with Crippen molar-refractivity contribution in [3.05, 3.63) is 106 Å². The summed E-state index contributed by atoms with van der Waals surface area (Å²) in [4.78, 5) is 31.8. The molecule has 1 fully saturated rings. The van der Waals surface area contributed by atoms with Gasteiger partial charge in [0.15, 0.2) is 5.23 Å². The minimum Gasteiger partial charge on any atom is -0.342 e. The Morgan fingerprint density at radius 2 is 1.75 bits per heavy atom. The van der Waals surface area contributed by atoms with Crippen LogP contribution >= 0.6 is 10.5 Å². The molecule has 0 radical (unpaired) electrons. The summed E-state index contributed by atoms with van der Waals surface area (Å²) in [7, 11) is -0.568. The molecule has 0 N–H and O–H groups in total. The minimum atomic E-state index is -0.568. The number of amides is 1. The fourth-order valence-electron chi connectivity index (χ4n) is 5.54. The number of aryl methyl sites for hydroxylation is 3. The van der Waals surface area contributed by atoms with Crippen LogP contribution in [0.5, 0.6) is 0 Å². The number of pyridine rings is 1. The Kier molecular flexibility index (Phi) is 7.31. The van der Waals surface area contributed by atoms with Gasteiger partial charge in [-0.05, 0) is 67.2 Å². The van der Waals surface area contributed by atoms with Gasteiger partial charge in [-0.1, -0.05) is 65.7 Å². The van der Waals surface area contributed by atoms with Crippen molar-refractivity contribution < 1.29 is 9.59 Å². The van der Waals surface area contributed by atoms with E-state index in [0.717, 1.165) is 36.9 Å². The van der Waals surface area contributed by atoms with Crippen molar-refractivity contribution in [1.82, 2.24) is 9.88 Å². The van der Waals surface area contributed by atoms with Crippen molar-refractivity contribution in [3.63, 3.8) is 0 Å². The number of hydrogen-bond acceptors (Lipinski definition) is 3. The lowest BCUT2D eigenvalue weighted by Gasteiger charge is -2.33. The molecule has 2 unspecified atom stereocenters. The summed E-state index contributed by atoms with van der Waals surface area (Å²) in [6, 6.07) is 20.9. The Labute approximate surface area is 216 Å². The number of likely N-dealkylation sites (tertiary alicyclic amines) is 1. The van der Waals surface area contributed by atoms with Crippen LogP contribution in [-0.2, 0) is 22.4 Å². The molecule has 2 heterocycles. The summed E-state index contributed by atoms with van der Waals surface area (Å²) >= 11 is 0. The molecule has 1 aromatic heterocycles. The summed E-state index contributed by atoms with van der Waals surface area (Å²) < 4.78 is 0. The van der Waals surface area contributed by atoms with E-state index in [1.165, 1.54) is 33.4 Å². The molecule has 2 atom stereocenters. The van der Waals surface area contributed by atoms with E-state index in [1.807, 2.05) is 53.8 Å². The first-order valence-corrected chi connectivity index (χ1v) is 14.5. The molecule has 1 saturated heterocycles. The predicted octanol–water partition coefficient (Wildman–Crippen LogP) is 5.66. The van der Waals surface area contributed by atoms with Crippen molar-refractivity contribution in [1.29, 1.82) is 0 Å². The Morgan fingerprint density at radius 1 is 1.00 bits per heavy atom. The number of nitrogens with zero attached hydrogens (tertiary/aromatic N) is 2. The lowest BCUT2D eigenvalue weighted by Crippen LogP contribution is -2.40. The quantitative estimate of drug-likeness (QED) is 0.438. The second-order valence-electron chi connectivity index (χ2n) is 9.83. The van der Waals surface area contributed by atoms with Crippen molar-refractivity contribution >= 4 is 27.2 Å². The van der Waals surface area contributed by atoms with Crippen LogP contribution in [0.3, 0.4) is 0 Å². The first-order valence-electron chi connectivity index (χ1n) is 12.7. The number of carbonyl (C=O) groups excluding carboxylic acids is 2. The van der Waals surface area contributed by atoms with E-state index in [2.05, 4.69) is 36.4 Å². The molecule has 36 heavy (non-hydrogen) atoms. The highest BCUT2D eigenvalue weighted by molar-refractivity contribution is 8.13. The fourth-order valence-corrected chi connectivity index (χ4v) is 6.44. The van der Waals surface area contributed by atoms with Gasteiger partial charge in [0.25, 0.3) is 0 Å². The Hall–Kier alpha value is -3.27. The van der Waals surface area contributed by atoms with Gasteiger partial charge in [0.2, 0.25) is 5.91 Å². The highest BCUT2D eigenvalue weighted by atomic mass is 32.2. The topological polar surface area (TPSA) is 50.3 Å². The molecule has 2 aliphatic rings. The molecule has 4 nitrogen and oxygen atoms in total. The molecule has 5 rings (SSSR count). The Bertz CT molecular complexity index is 1360. The van der Waals surface area contributed by atoms with Gasteiger partial charge in [-0.2, -0.15) is 0 Å². The molecule has 0 bridgehead atoms. The standard InChI is InChI=1S/C31H32N2O2S/c1-22-10-13-27-26(19-22)12-11-25-9-6-16-32-30(25)29(27)24-14-17-33(18-15-24)31(35)28(20-36(2)21-34)23-7-4-3-5-8-23/h3-10,13,16,19,28H,11-12,14-15,17-18,20H2,1-2H3. The maximum absolute atomic E-state index is 13.7. The van der Waals surface area contributed by atoms with Crippen molar-refractivity contribution in [2.75, 3.05) is 25.1 Å². The van der Waals surface area contributed by atoms with E-state index in [1.54, 1.807) is 0 Å². The Morgan fingerprint density at radius 3 is 2.50 bits per heavy atom. The zero-order chi connectivity index (χ0) is 25.1. The number of benzene rings is 2. The monoisotopic (exact) mass is 496 g/mol. The minimum absolute atomic E-state index is 0.121. The fraction of sp³-hybridized carbons (Fsp3) is 0.323. The number of carbonyl (C=O) groups is 1. The molecule has 1 aliphatic carbocycles. The summed E-state index contributed by atoms with van der Waals surface area (Å²) in [5, 5.41) is 2.09. The second-order valence-corrected chi connectivity index (χ2v) is 11.6. The molecule has 5 heteroatoms. The number of rotatable bonds is 4. The summed E-state index contributed by atoms with van der Waals surface area (Å²) in [5.74, 6) is 0.329. The first kappa shape index (κ1) is 24.4. The zero-order valence-electron chi connectivity index (χ0n) is 21.0. The lowest BCUT2D eigenvalue weighted by atomic mass is 9.87. The van der Waals surface area contributed by atoms with Gasteiger partial charge >= 0.3 is 0 Å². The second kappa shape index (κ2) is 10.8. The van der Waals surface area contributed by atoms with Gasteiger partial charge in [0.1, 0.15) is 0 Å². The average Bonchev–Trinajstić information content (AvgIpc) is 3.08. The molecule has 0 saturated carbocycles. The van der Waals surface area contributed by atoms with Crippen LogP contribution in [0.15, 0.2) is 72.4 Å². The predicted molar refractivity (Wildman–Crippen MR) is 148 cm³/mol. The van der Waals surface area contributed by atoms with Gasteiger partial charge < -0.3 is 4.90 Å². The van der Waals surface area contributed by atoms with Crippen molar-refractivity contribution in [2.45, 2.75) is 38.5 Å². The van der Waals surface area contributed by atoms with Crippen LogP contribution in [0, 0.1) is 6.92 Å². The van der Waals surface area contributed by atoms with Gasteiger partial charge in [-0.25, -0.2) is 4.79 Å². The summed E-state index contributed by atoms with van der Waals surface area (Å²) in [6.45, 7) is 3.53. The van der Waals surface area contributed by atoms with Crippen LogP contribution in [-0.4, -0.2) is 46.1 Å². The van der Waals surface area contributed by atoms with Gasteiger partial charge in [0.05, 0.1) is 11.6 Å². The highest BCUT2D eigenvalue weighted by Gasteiger charge is 2.30. The van der Waals surface area contributed by atoms with Crippen LogP contribution in [0.1, 0.15) is 52.3 Å². The molecule has 2 aromatic carbocycles. The van der Waals surface area contributed by atoms with Crippen LogP contribution in [0.25, 0.3) is 5.57 Å². The number of hydrogen-bond donors (Lipinski definition) is 0. The van der Waals surface area contributed by atoms with E-state index in [0.29, 0.717) is 18.8 Å². The molecule has 3 aromatic rings. The number of piperidine rings is 1. The molecular weight excluding hydrogens is 464 g/mol. The SMILES string of the molecule is Cc1ccc2c(c1)CCc1cccnc1C2=C1CCN(C(=O)C(CS(C)=C=O)c2ccccc2)CC1. The third kappa shape index (κ3) is 5.00. The maximum atomic E-state index is 13.7. The highest BCUT2D eigenvalue weighted by Crippen LogP contribution is 2.38. The molecule has 184 valence electrons. The van der Waals surface area contributed by atoms with E-state index < -0.39 is 10.5 Å². The maximum Gasteiger partial charge on any atom is 0.230 e. The van der Waals surface area contributed by atoms with Crippen molar-refractivity contribution in [2.24, 2.45) is 0 Å². The van der Waals surface area contributed by atoms with Crippen LogP contribution in [0.2, 0.25) is 0 Å². The average molecular weight is 497 g/mol. The van der Waals surface area contributed by atoms with Crippen LogP contribution < -0.4 is 0 Å². The number of fused-ring (bicyclic) bond motifs is 2. The third-order valence-electron chi connectivity index (χ3n) is 7.41. The lowest BCUT2D eigenvalue weighted by molar-refractivity contribution is -0.132. The zero-order valence-corrected chi connectivity index (χ0v) is 21.8. The van der Waals surface area contributed by atoms with Crippen LogP contribution in [0.4, 0.5) is 0 Å². The smallest absolute Gasteiger partial charge is 0.230 e. The van der Waals surface area contributed by atoms with Crippen molar-refractivity contribution in [3.8, 4) is 0 Å². The van der Waals surface area contributed by atoms with E-state index in [9.17, 15) is 9.59 Å². The van der Waals surface area contributed by atoms with E-state index in [-0.39, 0.29) is 11.8 Å². The molecular formula is C31H32N2O2S. The molecule has 1 amide bonds. The normalized spacial score (nSPS) is 16.9. The van der Waals surface area contributed by atoms with E-state index in [4.69, 9.17) is 4.98 Å². The summed E-state index contributed by atoms with van der Waals surface area (Å²) in [6.07, 6.45) is 7.44. The largest absolute Gasteiger partial charge is 0.342 e. The van der Waals surface area contributed by atoms with Gasteiger partial charge in [0, 0.05) is 30.6 Å². The first-order chi connectivity index (χ1) is 17.5. The van der Waals surface area contributed by atoms with Gasteiger partial charge in [-0.3, -0.25) is 9.78 Å². The van der Waals surface area contributed by atoms with Gasteiger partial charge in [-0.15, -0.1) is 10.5 Å². The van der Waals surface area contributed by atoms with E-state index >= 15 is 0 Å². The number of aromatic nitrogens is 1. The molecule has 0 spiro atoms. The Balaban J connectivity index is 1.46. The molecule has 1 aliphatic heterocycles. The third-order valence-corrected chi connectivity index (χ3v) is 8.53.